The Balaban J connectivity index is 2.13. The Bertz CT molecular complexity index is 653. The molecule has 2 aromatic rings. The third-order valence-corrected chi connectivity index (χ3v) is 4.01. The minimum absolute atomic E-state index is 0.0169. The molecule has 2 rings (SSSR count). The van der Waals surface area contributed by atoms with Crippen LogP contribution in [0.25, 0.3) is 0 Å². The normalized spacial score (nSPS) is 11.5. The molecule has 1 aromatic heterocycles. The monoisotopic (exact) mass is 303 g/mol. The predicted octanol–water partition coefficient (Wildman–Crippen LogP) is 4.53. The highest BCUT2D eigenvalue weighted by molar-refractivity contribution is 7.09. The van der Waals surface area contributed by atoms with Crippen molar-refractivity contribution in [3.8, 4) is 5.75 Å². The molecule has 0 bridgehead atoms. The van der Waals surface area contributed by atoms with Crippen molar-refractivity contribution >= 4 is 17.1 Å². The molecule has 0 aliphatic carbocycles. The summed E-state index contributed by atoms with van der Waals surface area (Å²) < 4.78 is 5.79. The average molecular weight is 303 g/mol. The number of ketones is 1. The maximum atomic E-state index is 11.7. The number of carbonyl (C=O) groups excluding carboxylic acids is 1. The summed E-state index contributed by atoms with van der Waals surface area (Å²) in [4.78, 5) is 16.3. The number of Topliss-reactive ketones (excluding diaryl/α,β-unsaturated/α-hetero) is 1. The number of rotatable bonds is 4. The summed E-state index contributed by atoms with van der Waals surface area (Å²) >= 11 is 1.59. The van der Waals surface area contributed by atoms with Gasteiger partial charge in [0, 0.05) is 10.8 Å². The van der Waals surface area contributed by atoms with Crippen molar-refractivity contribution in [1.29, 1.82) is 0 Å². The molecule has 0 aliphatic rings. The van der Waals surface area contributed by atoms with Crippen LogP contribution in [0.15, 0.2) is 23.6 Å². The van der Waals surface area contributed by atoms with Gasteiger partial charge in [-0.1, -0.05) is 32.4 Å². The summed E-state index contributed by atoms with van der Waals surface area (Å²) in [7, 11) is 0. The molecule has 1 aromatic carbocycles. The summed E-state index contributed by atoms with van der Waals surface area (Å²) in [6, 6.07) is 5.66. The lowest BCUT2D eigenvalue weighted by Crippen LogP contribution is -2.11. The standard InChI is InChI=1S/C17H21NO2S/c1-11-6-7-14(13(8-11)12(2)19)20-9-16-18-15(10-21-16)17(3,4)5/h6-8,10H,9H2,1-5H3. The summed E-state index contributed by atoms with van der Waals surface area (Å²) in [5.41, 5.74) is 2.80. The number of aryl methyl sites for hydroxylation is 1. The van der Waals surface area contributed by atoms with Crippen LogP contribution in [0.5, 0.6) is 5.75 Å². The summed E-state index contributed by atoms with van der Waals surface area (Å²) in [5, 5.41) is 3.00. The van der Waals surface area contributed by atoms with Crippen LogP contribution >= 0.6 is 11.3 Å². The number of hydrogen-bond acceptors (Lipinski definition) is 4. The third kappa shape index (κ3) is 3.91. The first-order chi connectivity index (χ1) is 9.77. The number of ether oxygens (including phenoxy) is 1. The lowest BCUT2D eigenvalue weighted by Gasteiger charge is -2.14. The predicted molar refractivity (Wildman–Crippen MR) is 86.3 cm³/mol. The molecule has 3 nitrogen and oxygen atoms in total. The van der Waals surface area contributed by atoms with Crippen LogP contribution in [-0.2, 0) is 12.0 Å². The molecule has 4 heteroatoms. The van der Waals surface area contributed by atoms with E-state index in [-0.39, 0.29) is 11.2 Å². The van der Waals surface area contributed by atoms with E-state index in [2.05, 4.69) is 31.1 Å². The second-order valence-electron chi connectivity index (χ2n) is 6.22. The Kier molecular flexibility index (Phi) is 4.47. The van der Waals surface area contributed by atoms with Crippen molar-refractivity contribution in [2.45, 2.75) is 46.6 Å². The van der Waals surface area contributed by atoms with Gasteiger partial charge in [-0.05, 0) is 26.0 Å². The van der Waals surface area contributed by atoms with Gasteiger partial charge in [0.25, 0.3) is 0 Å². The van der Waals surface area contributed by atoms with Gasteiger partial charge in [-0.2, -0.15) is 0 Å². The quantitative estimate of drug-likeness (QED) is 0.779. The number of carbonyl (C=O) groups is 1. The maximum Gasteiger partial charge on any atom is 0.163 e. The molecular formula is C17H21NO2S. The Morgan fingerprint density at radius 1 is 1.33 bits per heavy atom. The van der Waals surface area contributed by atoms with Crippen molar-refractivity contribution in [3.05, 3.63) is 45.4 Å². The van der Waals surface area contributed by atoms with Crippen LogP contribution < -0.4 is 4.74 Å². The van der Waals surface area contributed by atoms with Gasteiger partial charge in [0.05, 0.1) is 11.3 Å². The fourth-order valence-electron chi connectivity index (χ4n) is 1.91. The van der Waals surface area contributed by atoms with E-state index < -0.39 is 0 Å². The summed E-state index contributed by atoms with van der Waals surface area (Å²) in [6.07, 6.45) is 0. The Labute approximate surface area is 130 Å². The summed E-state index contributed by atoms with van der Waals surface area (Å²) in [6.45, 7) is 10.3. The van der Waals surface area contributed by atoms with E-state index >= 15 is 0 Å². The fraction of sp³-hybridized carbons (Fsp3) is 0.412. The number of thiazole rings is 1. The van der Waals surface area contributed by atoms with Crippen molar-refractivity contribution in [2.24, 2.45) is 0 Å². The third-order valence-electron chi connectivity index (χ3n) is 3.19. The first kappa shape index (κ1) is 15.7. The van der Waals surface area contributed by atoms with Crippen LogP contribution in [0, 0.1) is 6.92 Å². The smallest absolute Gasteiger partial charge is 0.163 e. The number of hydrogen-bond donors (Lipinski definition) is 0. The zero-order valence-corrected chi connectivity index (χ0v) is 14.0. The molecule has 112 valence electrons. The highest BCUT2D eigenvalue weighted by Crippen LogP contribution is 2.26. The van der Waals surface area contributed by atoms with Crippen molar-refractivity contribution < 1.29 is 9.53 Å². The van der Waals surface area contributed by atoms with E-state index in [1.165, 1.54) is 0 Å². The van der Waals surface area contributed by atoms with Crippen LogP contribution in [0.2, 0.25) is 0 Å². The van der Waals surface area contributed by atoms with Crippen LogP contribution in [0.4, 0.5) is 0 Å². The molecule has 0 saturated carbocycles. The Morgan fingerprint density at radius 3 is 2.62 bits per heavy atom. The zero-order chi connectivity index (χ0) is 15.6. The van der Waals surface area contributed by atoms with Crippen molar-refractivity contribution in [2.75, 3.05) is 0 Å². The molecule has 0 amide bonds. The van der Waals surface area contributed by atoms with Crippen LogP contribution in [0.3, 0.4) is 0 Å². The van der Waals surface area contributed by atoms with E-state index in [0.717, 1.165) is 16.3 Å². The molecule has 0 spiro atoms. The van der Waals surface area contributed by atoms with Crippen molar-refractivity contribution in [3.63, 3.8) is 0 Å². The average Bonchev–Trinajstić information content (AvgIpc) is 2.85. The van der Waals surface area contributed by atoms with Crippen molar-refractivity contribution in [1.82, 2.24) is 4.98 Å². The Morgan fingerprint density at radius 2 is 2.05 bits per heavy atom. The highest BCUT2D eigenvalue weighted by atomic mass is 32.1. The van der Waals surface area contributed by atoms with Gasteiger partial charge in [-0.15, -0.1) is 11.3 Å². The molecule has 0 unspecified atom stereocenters. The largest absolute Gasteiger partial charge is 0.486 e. The zero-order valence-electron chi connectivity index (χ0n) is 13.2. The summed E-state index contributed by atoms with van der Waals surface area (Å²) in [5.74, 6) is 0.642. The van der Waals surface area contributed by atoms with Gasteiger partial charge >= 0.3 is 0 Å². The second kappa shape index (κ2) is 5.98. The lowest BCUT2D eigenvalue weighted by molar-refractivity contribution is 0.101. The molecule has 0 radical (unpaired) electrons. The van der Waals surface area contributed by atoms with E-state index in [9.17, 15) is 4.79 Å². The second-order valence-corrected chi connectivity index (χ2v) is 7.16. The Hall–Kier alpha value is -1.68. The highest BCUT2D eigenvalue weighted by Gasteiger charge is 2.18. The molecule has 0 fully saturated rings. The molecule has 0 saturated heterocycles. The van der Waals surface area contributed by atoms with Gasteiger partial charge in [-0.3, -0.25) is 4.79 Å². The number of nitrogens with zero attached hydrogens (tertiary/aromatic N) is 1. The van der Waals surface area contributed by atoms with Crippen LogP contribution in [-0.4, -0.2) is 10.8 Å². The van der Waals surface area contributed by atoms with Gasteiger partial charge in [0.15, 0.2) is 5.78 Å². The number of aromatic nitrogens is 1. The lowest BCUT2D eigenvalue weighted by atomic mass is 9.93. The molecule has 0 atom stereocenters. The first-order valence-electron chi connectivity index (χ1n) is 6.96. The SMILES string of the molecule is CC(=O)c1cc(C)ccc1OCc1nc(C(C)(C)C)cs1. The minimum atomic E-state index is 0.0169. The van der Waals surface area contributed by atoms with Gasteiger partial charge < -0.3 is 4.74 Å². The van der Waals surface area contributed by atoms with Gasteiger partial charge in [0.2, 0.25) is 0 Å². The molecule has 21 heavy (non-hydrogen) atoms. The maximum absolute atomic E-state index is 11.7. The first-order valence-corrected chi connectivity index (χ1v) is 7.84. The van der Waals surface area contributed by atoms with E-state index in [1.54, 1.807) is 18.3 Å². The molecule has 1 heterocycles. The van der Waals surface area contributed by atoms with E-state index in [0.29, 0.717) is 17.9 Å². The van der Waals surface area contributed by atoms with E-state index in [4.69, 9.17) is 4.74 Å². The minimum Gasteiger partial charge on any atom is -0.486 e. The van der Waals surface area contributed by atoms with Gasteiger partial charge in [0.1, 0.15) is 17.4 Å². The van der Waals surface area contributed by atoms with Crippen LogP contribution in [0.1, 0.15) is 54.3 Å². The topological polar surface area (TPSA) is 39.2 Å². The molecule has 0 aliphatic heterocycles. The van der Waals surface area contributed by atoms with E-state index in [1.807, 2.05) is 25.1 Å². The van der Waals surface area contributed by atoms with Gasteiger partial charge in [-0.25, -0.2) is 4.98 Å². The fourth-order valence-corrected chi connectivity index (χ4v) is 2.84. The molecule has 0 N–H and O–H groups in total. The number of benzene rings is 1. The molecular weight excluding hydrogens is 282 g/mol.